The molecule has 49 heavy (non-hydrogen) atoms. The molecule has 2 N–H and O–H groups in total. The molecule has 7 heteroatoms. The topological polar surface area (TPSA) is 91.1 Å². The van der Waals surface area contributed by atoms with Crippen LogP contribution in [0.4, 0.5) is 0 Å². The fraction of sp³-hybridized carbons (Fsp3) is 0.905. The molecule has 0 fully saturated rings. The minimum absolute atomic E-state index is 0.320. The Labute approximate surface area is 307 Å². The largest absolute Gasteiger partial charge is 0.726 e. The van der Waals surface area contributed by atoms with Crippen molar-refractivity contribution in [2.45, 2.75) is 206 Å². The Balaban J connectivity index is 0. The maximum Gasteiger partial charge on any atom is 0.217 e. The average molecular weight is 716 g/mol. The lowest BCUT2D eigenvalue weighted by Crippen LogP contribution is -3.10. The summed E-state index contributed by atoms with van der Waals surface area (Å²) in [5.41, 5.74) is 0. The number of allylic oxidation sites excluding steroid dienone is 4. The molecule has 1 unspecified atom stereocenters. The van der Waals surface area contributed by atoms with E-state index in [4.69, 9.17) is 0 Å². The second-order valence-electron chi connectivity index (χ2n) is 14.5. The Morgan fingerprint density at radius 3 is 1.14 bits per heavy atom. The van der Waals surface area contributed by atoms with Gasteiger partial charge in [0.25, 0.3) is 0 Å². The first-order valence-electron chi connectivity index (χ1n) is 21.0. The lowest BCUT2D eigenvalue weighted by atomic mass is 9.93. The van der Waals surface area contributed by atoms with Gasteiger partial charge in [0.2, 0.25) is 10.4 Å². The van der Waals surface area contributed by atoms with Crippen molar-refractivity contribution in [3.8, 4) is 0 Å². The van der Waals surface area contributed by atoms with Crippen molar-refractivity contribution in [1.82, 2.24) is 0 Å². The SMILES string of the molecule is CCCCCCCC/C=C\CCCCCCCCC(CCCCCCCC/C=C\CCCCCCCC)C[NH+](C)CCO.COS(=O)(=O)[O-]. The smallest absolute Gasteiger partial charge is 0.217 e. The van der Waals surface area contributed by atoms with E-state index in [0.717, 1.165) is 19.6 Å². The lowest BCUT2D eigenvalue weighted by Gasteiger charge is -2.21. The summed E-state index contributed by atoms with van der Waals surface area (Å²) >= 11 is 0. The van der Waals surface area contributed by atoms with Crippen LogP contribution in [0.2, 0.25) is 0 Å². The Kier molecular flexibility index (Phi) is 42.9. The van der Waals surface area contributed by atoms with Crippen molar-refractivity contribution in [2.75, 3.05) is 33.9 Å². The summed E-state index contributed by atoms with van der Waals surface area (Å²) in [5, 5.41) is 9.37. The molecule has 0 aromatic heterocycles. The highest BCUT2D eigenvalue weighted by molar-refractivity contribution is 7.80. The minimum atomic E-state index is -4.41. The van der Waals surface area contributed by atoms with Gasteiger partial charge < -0.3 is 14.6 Å². The number of unbranched alkanes of at least 4 members (excludes halogenated alkanes) is 24. The van der Waals surface area contributed by atoms with Gasteiger partial charge in [0.1, 0.15) is 6.54 Å². The van der Waals surface area contributed by atoms with Gasteiger partial charge in [0, 0.05) is 5.92 Å². The summed E-state index contributed by atoms with van der Waals surface area (Å²) in [4.78, 5) is 1.52. The summed E-state index contributed by atoms with van der Waals surface area (Å²) in [6, 6.07) is 0. The fourth-order valence-electron chi connectivity index (χ4n) is 6.50. The Bertz CT molecular complexity index is 744. The molecule has 0 amide bonds. The van der Waals surface area contributed by atoms with Crippen LogP contribution in [-0.2, 0) is 14.6 Å². The number of likely N-dealkylation sites (N-methyl/N-ethyl adjacent to an activating group) is 1. The first kappa shape index (κ1) is 50.4. The predicted molar refractivity (Wildman–Crippen MR) is 212 cm³/mol. The van der Waals surface area contributed by atoms with Gasteiger partial charge in [-0.1, -0.05) is 167 Å². The maximum atomic E-state index is 9.37. The van der Waals surface area contributed by atoms with E-state index in [1.165, 1.54) is 204 Å². The molecule has 0 spiro atoms. The van der Waals surface area contributed by atoms with Crippen LogP contribution < -0.4 is 4.90 Å². The van der Waals surface area contributed by atoms with Crippen LogP contribution in [0.3, 0.4) is 0 Å². The Hall–Kier alpha value is -0.730. The zero-order chi connectivity index (χ0) is 36.5. The second-order valence-corrected chi connectivity index (χ2v) is 15.7. The third-order valence-electron chi connectivity index (χ3n) is 9.63. The molecule has 294 valence electrons. The minimum Gasteiger partial charge on any atom is -0.726 e. The standard InChI is InChI=1S/C41H81NO.CH4O4S/c1-4-6-8-10-12-14-16-18-20-22-24-26-28-30-32-34-36-41(40-42(3)38-39-43)37-35-33-31-29-27-25-23-21-19-17-15-13-11-9-7-5-2;1-5-6(2,3)4/h18-21,41,43H,4-17,22-40H2,1-3H3;1H3,(H,2,3,4)/b20-18-,21-19-;. The molecule has 0 aliphatic rings. The highest BCUT2D eigenvalue weighted by Gasteiger charge is 2.14. The van der Waals surface area contributed by atoms with Crippen LogP contribution in [0.5, 0.6) is 0 Å². The summed E-state index contributed by atoms with van der Waals surface area (Å²) in [5.74, 6) is 0.847. The fourth-order valence-corrected chi connectivity index (χ4v) is 6.50. The molecule has 0 saturated carbocycles. The zero-order valence-corrected chi connectivity index (χ0v) is 34.0. The zero-order valence-electron chi connectivity index (χ0n) is 33.2. The molecule has 0 rings (SSSR count). The van der Waals surface area contributed by atoms with E-state index in [9.17, 15) is 18.1 Å². The molecule has 6 nitrogen and oxygen atoms in total. The number of hydrogen-bond donors (Lipinski definition) is 2. The number of aliphatic hydroxyl groups is 1. The van der Waals surface area contributed by atoms with Crippen molar-refractivity contribution in [3.63, 3.8) is 0 Å². The summed E-state index contributed by atoms with van der Waals surface area (Å²) in [7, 11) is -1.33. The van der Waals surface area contributed by atoms with Crippen molar-refractivity contribution in [2.24, 2.45) is 5.92 Å². The van der Waals surface area contributed by atoms with Gasteiger partial charge in [-0.3, -0.25) is 4.18 Å². The number of hydrogen-bond acceptors (Lipinski definition) is 5. The van der Waals surface area contributed by atoms with Crippen LogP contribution in [0.25, 0.3) is 0 Å². The van der Waals surface area contributed by atoms with Crippen LogP contribution >= 0.6 is 0 Å². The molecule has 0 aromatic carbocycles. The third kappa shape index (κ3) is 47.3. The van der Waals surface area contributed by atoms with Gasteiger partial charge in [-0.05, 0) is 64.2 Å². The molecule has 0 aliphatic heterocycles. The quantitative estimate of drug-likeness (QED) is 0.0289. The molecule has 0 saturated heterocycles. The molecule has 1 atom stereocenters. The molecule has 0 aromatic rings. The Morgan fingerprint density at radius 2 is 0.857 bits per heavy atom. The van der Waals surface area contributed by atoms with Gasteiger partial charge in [0.05, 0.1) is 27.3 Å². The van der Waals surface area contributed by atoms with Crippen LogP contribution in [0.1, 0.15) is 206 Å². The van der Waals surface area contributed by atoms with Crippen molar-refractivity contribution < 1.29 is 27.2 Å². The normalized spacial score (nSPS) is 12.7. The van der Waals surface area contributed by atoms with Gasteiger partial charge in [0.15, 0.2) is 0 Å². The summed E-state index contributed by atoms with van der Waals surface area (Å²) in [6.07, 6.45) is 51.4. The van der Waals surface area contributed by atoms with Gasteiger partial charge in [-0.15, -0.1) is 0 Å². The second kappa shape index (κ2) is 41.7. The lowest BCUT2D eigenvalue weighted by molar-refractivity contribution is -0.883. The number of quaternary nitrogens is 1. The first-order chi connectivity index (χ1) is 23.8. The monoisotopic (exact) mass is 716 g/mol. The van der Waals surface area contributed by atoms with Crippen LogP contribution in [0.15, 0.2) is 24.3 Å². The molecule has 0 aliphatic carbocycles. The van der Waals surface area contributed by atoms with Crippen molar-refractivity contribution in [3.05, 3.63) is 24.3 Å². The summed E-state index contributed by atoms with van der Waals surface area (Å²) < 4.78 is 31.0. The van der Waals surface area contributed by atoms with Crippen molar-refractivity contribution in [1.29, 1.82) is 0 Å². The van der Waals surface area contributed by atoms with E-state index < -0.39 is 10.4 Å². The molecule has 0 heterocycles. The van der Waals surface area contributed by atoms with Crippen LogP contribution in [-0.4, -0.2) is 51.9 Å². The molecular weight excluding hydrogens is 631 g/mol. The van der Waals surface area contributed by atoms with E-state index in [-0.39, 0.29) is 0 Å². The highest BCUT2D eigenvalue weighted by atomic mass is 32.3. The summed E-state index contributed by atoms with van der Waals surface area (Å²) in [6.45, 7) is 7.06. The van der Waals surface area contributed by atoms with E-state index >= 15 is 0 Å². The van der Waals surface area contributed by atoms with Crippen molar-refractivity contribution >= 4 is 10.4 Å². The van der Waals surface area contributed by atoms with E-state index in [1.54, 1.807) is 0 Å². The van der Waals surface area contributed by atoms with Crippen LogP contribution in [0, 0.1) is 5.92 Å². The van der Waals surface area contributed by atoms with Gasteiger partial charge >= 0.3 is 0 Å². The van der Waals surface area contributed by atoms with Gasteiger partial charge in [-0.2, -0.15) is 0 Å². The first-order valence-corrected chi connectivity index (χ1v) is 22.4. The third-order valence-corrected chi connectivity index (χ3v) is 10.0. The number of aliphatic hydroxyl groups excluding tert-OH is 1. The highest BCUT2D eigenvalue weighted by Crippen LogP contribution is 2.19. The maximum absolute atomic E-state index is 9.37. The van der Waals surface area contributed by atoms with E-state index in [1.807, 2.05) is 0 Å². The van der Waals surface area contributed by atoms with Gasteiger partial charge in [-0.25, -0.2) is 8.42 Å². The number of rotatable bonds is 37. The molecule has 0 radical (unpaired) electrons. The van der Waals surface area contributed by atoms with E-state index in [0.29, 0.717) is 6.61 Å². The Morgan fingerprint density at radius 1 is 0.571 bits per heavy atom. The molecular formula is C42H85NO5S. The number of nitrogens with one attached hydrogen (secondary N) is 1. The molecule has 0 bridgehead atoms. The average Bonchev–Trinajstić information content (AvgIpc) is 3.07. The predicted octanol–water partition coefficient (Wildman–Crippen LogP) is 11.1. The van der Waals surface area contributed by atoms with E-state index in [2.05, 4.69) is 49.4 Å².